The topological polar surface area (TPSA) is 251 Å². The lowest BCUT2D eigenvalue weighted by Crippen LogP contribution is -2.45. The first kappa shape index (κ1) is 41.2. The first-order valence-corrected chi connectivity index (χ1v) is 15.9. The summed E-state index contributed by atoms with van der Waals surface area (Å²) >= 11 is 6.48. The fourth-order valence-corrected chi connectivity index (χ4v) is 5.03. The van der Waals surface area contributed by atoms with Crippen molar-refractivity contribution in [3.63, 3.8) is 0 Å². The Kier molecular flexibility index (Phi) is 14.9. The number of hydrogen-bond acceptors (Lipinski definition) is 13. The van der Waals surface area contributed by atoms with Gasteiger partial charge in [-0.1, -0.05) is 26.1 Å². The third-order valence-corrected chi connectivity index (χ3v) is 6.79. The number of hydrogen-bond donors (Lipinski definition) is 2. The van der Waals surface area contributed by atoms with Crippen molar-refractivity contribution in [2.75, 3.05) is 19.7 Å². The molecule has 2 rings (SSSR count). The molecule has 0 fully saturated rings. The van der Waals surface area contributed by atoms with Gasteiger partial charge in [-0.25, -0.2) is 19.2 Å². The molecule has 0 saturated carbocycles. The summed E-state index contributed by atoms with van der Waals surface area (Å²) in [6.07, 6.45) is -3.59. The highest BCUT2D eigenvalue weighted by Gasteiger charge is 2.33. The summed E-state index contributed by atoms with van der Waals surface area (Å²) in [6.45, 7) is 7.83. The van der Waals surface area contributed by atoms with Crippen LogP contribution in [0.4, 0.5) is 25.8 Å². The quantitative estimate of drug-likeness (QED) is 0.0260. The fourth-order valence-electron chi connectivity index (χ4n) is 3.48. The predicted molar refractivity (Wildman–Crippen MR) is 180 cm³/mol. The highest BCUT2D eigenvalue weighted by molar-refractivity contribution is 9.11. The van der Waals surface area contributed by atoms with Crippen molar-refractivity contribution < 1.29 is 52.7 Å². The Morgan fingerprint density at radius 1 is 0.960 bits per heavy atom. The molecule has 0 radical (unpaired) electrons. The largest absolute Gasteiger partial charge is 0.514 e. The fraction of sp³-hybridized carbons (Fsp3) is 0.414. The van der Waals surface area contributed by atoms with Crippen LogP contribution < -0.4 is 15.4 Å². The molecular weight excluding hydrogens is 798 g/mol. The number of azide groups is 1. The number of nitrogens with zero attached hydrogens (tertiary/aromatic N) is 5. The van der Waals surface area contributed by atoms with Crippen LogP contribution in [-0.4, -0.2) is 71.0 Å². The molecule has 0 aromatic heterocycles. The van der Waals surface area contributed by atoms with Gasteiger partial charge < -0.3 is 29.6 Å². The molecule has 0 saturated heterocycles. The van der Waals surface area contributed by atoms with Crippen molar-refractivity contribution in [3.8, 4) is 5.75 Å². The minimum Gasteiger partial charge on any atom is -0.442 e. The maximum Gasteiger partial charge on any atom is 0.514 e. The Hall–Kier alpha value is -4.98. The number of carbonyl (C=O) groups is 5. The molecule has 0 atom stereocenters. The van der Waals surface area contributed by atoms with Crippen molar-refractivity contribution in [3.05, 3.63) is 71.0 Å². The second-order valence-corrected chi connectivity index (χ2v) is 13.4. The number of amides is 4. The predicted octanol–water partition coefficient (Wildman–Crippen LogP) is 6.73. The van der Waals surface area contributed by atoms with Crippen LogP contribution >= 0.6 is 31.9 Å². The lowest BCUT2D eigenvalue weighted by molar-refractivity contribution is -0.384. The number of nitrogens with one attached hydrogen (secondary N) is 2. The molecule has 19 nitrogen and oxygen atoms in total. The SMILES string of the molecule is CC(C)(C)OC(=O)N(OCC(=O)NCCNC(=O)c1c(COC(=O)Oc2ccc([N+](=O)[O-])cc2)cc(Br)c(N=[N+]=[N-])c1Br)C(=O)OC(C)(C)C. The summed E-state index contributed by atoms with van der Waals surface area (Å²) in [4.78, 5) is 81.1. The van der Waals surface area contributed by atoms with E-state index in [0.717, 1.165) is 12.1 Å². The molecule has 50 heavy (non-hydrogen) atoms. The molecule has 0 bridgehead atoms. The molecule has 0 unspecified atom stereocenters. The van der Waals surface area contributed by atoms with Crippen LogP contribution in [-0.2, 0) is 30.4 Å². The van der Waals surface area contributed by atoms with Crippen molar-refractivity contribution in [2.45, 2.75) is 59.4 Å². The number of imide groups is 1. The number of hydroxylamine groups is 2. The van der Waals surface area contributed by atoms with Crippen molar-refractivity contribution in [2.24, 2.45) is 5.11 Å². The van der Waals surface area contributed by atoms with Gasteiger partial charge in [-0.3, -0.25) is 19.7 Å². The molecule has 2 N–H and O–H groups in total. The maximum atomic E-state index is 13.2. The van der Waals surface area contributed by atoms with Gasteiger partial charge in [-0.2, -0.15) is 0 Å². The first-order valence-electron chi connectivity index (χ1n) is 14.3. The van der Waals surface area contributed by atoms with Gasteiger partial charge in [0.05, 0.1) is 16.2 Å². The highest BCUT2D eigenvalue weighted by Crippen LogP contribution is 2.39. The Balaban J connectivity index is 2.06. The Morgan fingerprint density at radius 2 is 1.52 bits per heavy atom. The summed E-state index contributed by atoms with van der Waals surface area (Å²) in [5.74, 6) is -1.53. The second kappa shape index (κ2) is 18.1. The molecule has 0 spiro atoms. The number of rotatable bonds is 12. The van der Waals surface area contributed by atoms with Crippen LogP contribution in [0, 0.1) is 10.1 Å². The lowest BCUT2D eigenvalue weighted by Gasteiger charge is -2.27. The van der Waals surface area contributed by atoms with E-state index in [4.69, 9.17) is 29.3 Å². The van der Waals surface area contributed by atoms with Gasteiger partial charge in [0.15, 0.2) is 6.61 Å². The lowest BCUT2D eigenvalue weighted by atomic mass is 10.1. The third-order valence-electron chi connectivity index (χ3n) is 5.42. The molecule has 0 aliphatic heterocycles. The van der Waals surface area contributed by atoms with E-state index in [1.54, 1.807) is 41.5 Å². The monoisotopic (exact) mass is 829 g/mol. The molecule has 0 aliphatic rings. The summed E-state index contributed by atoms with van der Waals surface area (Å²) in [7, 11) is 0. The minimum atomic E-state index is -1.20. The van der Waals surface area contributed by atoms with Gasteiger partial charge in [-0.05, 0) is 81.2 Å². The molecule has 4 amide bonds. The third kappa shape index (κ3) is 13.5. The van der Waals surface area contributed by atoms with E-state index in [-0.39, 0.29) is 55.3 Å². The van der Waals surface area contributed by atoms with Crippen LogP contribution in [0.1, 0.15) is 57.5 Å². The van der Waals surface area contributed by atoms with E-state index in [1.807, 2.05) is 0 Å². The Morgan fingerprint density at radius 3 is 2.04 bits per heavy atom. The second-order valence-electron chi connectivity index (χ2n) is 11.8. The van der Waals surface area contributed by atoms with E-state index in [9.17, 15) is 34.1 Å². The van der Waals surface area contributed by atoms with E-state index >= 15 is 0 Å². The number of nitro benzene ring substituents is 1. The van der Waals surface area contributed by atoms with Crippen molar-refractivity contribution >= 4 is 73.4 Å². The van der Waals surface area contributed by atoms with Gasteiger partial charge in [0.1, 0.15) is 23.6 Å². The van der Waals surface area contributed by atoms with Crippen LogP contribution in [0.5, 0.6) is 5.75 Å². The Bertz CT molecular complexity index is 1640. The Labute approximate surface area is 301 Å². The molecule has 21 heteroatoms. The van der Waals surface area contributed by atoms with Crippen LogP contribution in [0.25, 0.3) is 10.4 Å². The summed E-state index contributed by atoms with van der Waals surface area (Å²) < 4.78 is 20.8. The van der Waals surface area contributed by atoms with Gasteiger partial charge in [0.2, 0.25) is 5.91 Å². The standard InChI is InChI=1S/C29H33Br2N7O12/c1-28(2,3)49-25(41)37(26(42)50-29(4,5)6)47-15-20(39)33-11-12-34-24(40)21-16(13-19(30)23(22(21)31)35-36-32)14-46-27(43)48-18-9-7-17(8-10-18)38(44)45/h7-10,13H,11-12,14-15H2,1-6H3,(H,33,39)(H,34,40). The molecular formula is C29H33Br2N7O12. The van der Waals surface area contributed by atoms with Crippen molar-refractivity contribution in [1.29, 1.82) is 0 Å². The van der Waals surface area contributed by atoms with Crippen LogP contribution in [0.15, 0.2) is 44.4 Å². The summed E-state index contributed by atoms with van der Waals surface area (Å²) in [6, 6.07) is 6.03. The highest BCUT2D eigenvalue weighted by atomic mass is 79.9. The molecule has 2 aromatic carbocycles. The molecule has 2 aromatic rings. The van der Waals surface area contributed by atoms with Gasteiger partial charge in [-0.15, -0.1) is 0 Å². The number of nitro groups is 1. The number of benzene rings is 2. The van der Waals surface area contributed by atoms with Crippen LogP contribution in [0.2, 0.25) is 0 Å². The number of ether oxygens (including phenoxy) is 4. The summed E-state index contributed by atoms with van der Waals surface area (Å²) in [5, 5.41) is 19.6. The molecule has 0 aliphatic carbocycles. The van der Waals surface area contributed by atoms with Gasteiger partial charge in [0.25, 0.3) is 11.6 Å². The summed E-state index contributed by atoms with van der Waals surface area (Å²) in [5.41, 5.74) is 6.86. The van der Waals surface area contributed by atoms with E-state index < -0.39 is 59.5 Å². The molecule has 0 heterocycles. The number of non-ortho nitro benzene ring substituents is 1. The zero-order chi connectivity index (χ0) is 37.8. The number of carbonyl (C=O) groups excluding carboxylic acids is 5. The maximum absolute atomic E-state index is 13.2. The van der Waals surface area contributed by atoms with Crippen LogP contribution in [0.3, 0.4) is 0 Å². The minimum absolute atomic E-state index is 0.0137. The average Bonchev–Trinajstić information content (AvgIpc) is 2.98. The zero-order valence-corrected chi connectivity index (χ0v) is 30.8. The molecule has 270 valence electrons. The number of halogens is 2. The van der Waals surface area contributed by atoms with E-state index in [2.05, 4.69) is 52.5 Å². The van der Waals surface area contributed by atoms with Crippen molar-refractivity contribution in [1.82, 2.24) is 15.7 Å². The first-order chi connectivity index (χ1) is 23.2. The van der Waals surface area contributed by atoms with Gasteiger partial charge in [0, 0.05) is 44.6 Å². The van der Waals surface area contributed by atoms with Gasteiger partial charge >= 0.3 is 18.3 Å². The van der Waals surface area contributed by atoms with E-state index in [0.29, 0.717) is 0 Å². The zero-order valence-electron chi connectivity index (χ0n) is 27.6. The average molecular weight is 831 g/mol. The normalized spacial score (nSPS) is 11.0. The van der Waals surface area contributed by atoms with E-state index in [1.165, 1.54) is 18.2 Å². The smallest absolute Gasteiger partial charge is 0.442 e.